The molecule has 14 heteroatoms. The summed E-state index contributed by atoms with van der Waals surface area (Å²) in [4.78, 5) is 71.5. The Bertz CT molecular complexity index is 1000. The fourth-order valence-electron chi connectivity index (χ4n) is 2.47. The molecule has 216 valence electrons. The first-order valence-electron chi connectivity index (χ1n) is 11.7. The van der Waals surface area contributed by atoms with Gasteiger partial charge >= 0.3 is 5.97 Å². The molecule has 2 heterocycles. The molecule has 0 unspecified atom stereocenters. The number of hydrogen-bond acceptors (Lipinski definition) is 10. The number of imide groups is 2. The molecular formula is C26H30BrN3O10. The summed E-state index contributed by atoms with van der Waals surface area (Å²) in [7, 11) is 0. The number of hydroxylamine groups is 2. The number of carbonyl (C=O) groups is 6. The van der Waals surface area contributed by atoms with E-state index in [4.69, 9.17) is 33.5 Å². The minimum Gasteiger partial charge on any atom is -0.368 e. The largest absolute Gasteiger partial charge is 0.368 e. The van der Waals surface area contributed by atoms with Crippen LogP contribution in [0.4, 0.5) is 0 Å². The lowest BCUT2D eigenvalue weighted by atomic mass is 10.4. The van der Waals surface area contributed by atoms with Crippen molar-refractivity contribution in [3.05, 3.63) is 12.2 Å². The Morgan fingerprint density at radius 2 is 1.35 bits per heavy atom. The minimum atomic E-state index is -0.694. The predicted molar refractivity (Wildman–Crippen MR) is 143 cm³/mol. The monoisotopic (exact) mass is 623 g/mol. The summed E-state index contributed by atoms with van der Waals surface area (Å²) in [6, 6.07) is 0. The quantitative estimate of drug-likeness (QED) is 0.114. The number of halogens is 1. The molecule has 5 amide bonds. The van der Waals surface area contributed by atoms with Crippen LogP contribution >= 0.6 is 15.9 Å². The third-order valence-electron chi connectivity index (χ3n) is 4.26. The van der Waals surface area contributed by atoms with Crippen molar-refractivity contribution in [1.29, 1.82) is 0 Å². The highest BCUT2D eigenvalue weighted by atomic mass is 79.9. The molecule has 0 radical (unpaired) electrons. The van der Waals surface area contributed by atoms with Crippen LogP contribution in [0.2, 0.25) is 0 Å². The molecule has 0 spiro atoms. The Labute approximate surface area is 240 Å². The van der Waals surface area contributed by atoms with Crippen LogP contribution in [0.5, 0.6) is 0 Å². The highest BCUT2D eigenvalue weighted by molar-refractivity contribution is 9.09. The third-order valence-corrected chi connectivity index (χ3v) is 4.76. The normalized spacial score (nSPS) is 13.3. The highest BCUT2D eigenvalue weighted by Crippen LogP contribution is 2.12. The van der Waals surface area contributed by atoms with Crippen molar-refractivity contribution >= 4 is 51.4 Å². The van der Waals surface area contributed by atoms with Gasteiger partial charge in [-0.3, -0.25) is 28.9 Å². The van der Waals surface area contributed by atoms with Crippen LogP contribution in [0.25, 0.3) is 0 Å². The van der Waals surface area contributed by atoms with Gasteiger partial charge in [-0.15, -0.1) is 24.3 Å². The number of terminal acetylenes is 3. The van der Waals surface area contributed by atoms with E-state index in [2.05, 4.69) is 43.8 Å². The van der Waals surface area contributed by atoms with Crippen LogP contribution in [0.15, 0.2) is 12.2 Å². The second-order valence-corrected chi connectivity index (χ2v) is 7.77. The zero-order valence-electron chi connectivity index (χ0n) is 21.7. The summed E-state index contributed by atoms with van der Waals surface area (Å²) >= 11 is 3.01. The Morgan fingerprint density at radius 3 is 1.85 bits per heavy atom. The average Bonchev–Trinajstić information content (AvgIpc) is 3.44. The summed E-state index contributed by atoms with van der Waals surface area (Å²) in [6.07, 6.45) is 17.4. The lowest BCUT2D eigenvalue weighted by Gasteiger charge is -2.12. The van der Waals surface area contributed by atoms with E-state index in [9.17, 15) is 28.8 Å². The minimum absolute atomic E-state index is 0.0469. The number of nitrogens with zero attached hydrogens (tertiary/aromatic N) is 2. The van der Waals surface area contributed by atoms with Gasteiger partial charge in [0.05, 0.1) is 38.1 Å². The number of nitrogens with one attached hydrogen (secondary N) is 1. The van der Waals surface area contributed by atoms with Crippen molar-refractivity contribution in [3.8, 4) is 37.0 Å². The number of carbonyl (C=O) groups excluding carboxylic acids is 6. The average molecular weight is 624 g/mol. The SMILES string of the molecule is C#CCOCCC(=O)ON1C(=O)CCC1=O.C#CCOCCN1C(=O)C=CC1=O.C#CCOCCNC(=O)CBr. The van der Waals surface area contributed by atoms with E-state index in [0.29, 0.717) is 30.2 Å². The fourth-order valence-corrected chi connectivity index (χ4v) is 2.67. The molecule has 0 aromatic carbocycles. The number of rotatable bonds is 14. The van der Waals surface area contributed by atoms with E-state index in [1.165, 1.54) is 12.2 Å². The van der Waals surface area contributed by atoms with Crippen LogP contribution in [-0.4, -0.2) is 104 Å². The molecule has 0 atom stereocenters. The van der Waals surface area contributed by atoms with Gasteiger partial charge in [0.25, 0.3) is 23.6 Å². The molecule has 1 N–H and O–H groups in total. The standard InChI is InChI=1S/C10H11NO5.C9H9NO3.C7H10BrNO2/c1-2-6-15-7-5-10(14)16-11-8(12)3-4-9(11)13;1-2-6-13-7-5-10-8(11)3-4-9(10)12;1-2-4-11-5-3-9-7(10)6-8/h1H,3-7H2;1,3-4H,5-7H2;1H,3-6H2,(H,9,10). The molecule has 0 aromatic rings. The third kappa shape index (κ3) is 16.8. The molecule has 2 aliphatic heterocycles. The van der Waals surface area contributed by atoms with Crippen molar-refractivity contribution in [3.63, 3.8) is 0 Å². The number of amides is 5. The van der Waals surface area contributed by atoms with Crippen molar-refractivity contribution in [2.45, 2.75) is 19.3 Å². The zero-order valence-corrected chi connectivity index (χ0v) is 23.3. The molecule has 0 aliphatic carbocycles. The topological polar surface area (TPSA) is 158 Å². The van der Waals surface area contributed by atoms with Crippen molar-refractivity contribution in [2.24, 2.45) is 0 Å². The maximum atomic E-state index is 11.2. The maximum absolute atomic E-state index is 11.2. The van der Waals surface area contributed by atoms with Crippen molar-refractivity contribution < 1.29 is 47.8 Å². The lowest BCUT2D eigenvalue weighted by molar-refractivity contribution is -0.198. The molecule has 0 saturated carbocycles. The molecule has 2 rings (SSSR count). The van der Waals surface area contributed by atoms with E-state index >= 15 is 0 Å². The van der Waals surface area contributed by atoms with Gasteiger partial charge < -0.3 is 24.4 Å². The number of alkyl halides is 1. The molecule has 1 saturated heterocycles. The summed E-state index contributed by atoms with van der Waals surface area (Å²) in [5.74, 6) is 4.52. The Kier molecular flexibility index (Phi) is 20.6. The van der Waals surface area contributed by atoms with E-state index in [-0.39, 0.29) is 70.0 Å². The lowest BCUT2D eigenvalue weighted by Crippen LogP contribution is -2.33. The van der Waals surface area contributed by atoms with Crippen LogP contribution in [-0.2, 0) is 47.8 Å². The highest BCUT2D eigenvalue weighted by Gasteiger charge is 2.32. The van der Waals surface area contributed by atoms with Gasteiger partial charge in [0.2, 0.25) is 5.91 Å². The van der Waals surface area contributed by atoms with Gasteiger partial charge in [-0.25, -0.2) is 4.79 Å². The van der Waals surface area contributed by atoms with Gasteiger partial charge in [-0.2, -0.15) is 0 Å². The Hall–Kier alpha value is -4.00. The summed E-state index contributed by atoms with van der Waals surface area (Å²) in [5, 5.41) is 3.44. The van der Waals surface area contributed by atoms with E-state index in [1.807, 2.05) is 0 Å². The predicted octanol–water partition coefficient (Wildman–Crippen LogP) is -0.658. The molecule has 0 aromatic heterocycles. The van der Waals surface area contributed by atoms with E-state index < -0.39 is 17.8 Å². The first-order chi connectivity index (χ1) is 19.2. The summed E-state index contributed by atoms with van der Waals surface area (Å²) in [5.41, 5.74) is 0. The van der Waals surface area contributed by atoms with Crippen LogP contribution in [0.3, 0.4) is 0 Å². The first-order valence-corrected chi connectivity index (χ1v) is 12.8. The smallest absolute Gasteiger partial charge is 0.335 e. The van der Waals surface area contributed by atoms with Gasteiger partial charge in [0, 0.05) is 31.5 Å². The molecule has 13 nitrogen and oxygen atoms in total. The molecule has 0 bridgehead atoms. The van der Waals surface area contributed by atoms with Crippen LogP contribution in [0, 0.1) is 37.0 Å². The molecule has 1 fully saturated rings. The number of ether oxygens (including phenoxy) is 3. The van der Waals surface area contributed by atoms with Crippen LogP contribution < -0.4 is 5.32 Å². The molecule has 40 heavy (non-hydrogen) atoms. The zero-order chi connectivity index (χ0) is 30.2. The van der Waals surface area contributed by atoms with E-state index in [1.54, 1.807) is 0 Å². The van der Waals surface area contributed by atoms with Crippen molar-refractivity contribution in [1.82, 2.24) is 15.3 Å². The Morgan fingerprint density at radius 1 is 0.850 bits per heavy atom. The van der Waals surface area contributed by atoms with Gasteiger partial charge in [0.1, 0.15) is 19.8 Å². The van der Waals surface area contributed by atoms with Crippen molar-refractivity contribution in [2.75, 3.05) is 58.1 Å². The van der Waals surface area contributed by atoms with Gasteiger partial charge in [-0.1, -0.05) is 33.7 Å². The van der Waals surface area contributed by atoms with E-state index in [0.717, 1.165) is 4.90 Å². The second-order valence-electron chi connectivity index (χ2n) is 7.21. The summed E-state index contributed by atoms with van der Waals surface area (Å²) < 4.78 is 14.7. The summed E-state index contributed by atoms with van der Waals surface area (Å²) in [6.45, 7) is 2.20. The first kappa shape index (κ1) is 36.0. The van der Waals surface area contributed by atoms with Gasteiger partial charge in [-0.05, 0) is 0 Å². The Balaban J connectivity index is 0.000000582. The fraction of sp³-hybridized carbons (Fsp3) is 0.462. The van der Waals surface area contributed by atoms with Crippen LogP contribution in [0.1, 0.15) is 19.3 Å². The molecule has 2 aliphatic rings. The second kappa shape index (κ2) is 22.9. The van der Waals surface area contributed by atoms with Gasteiger partial charge in [0.15, 0.2) is 0 Å². The maximum Gasteiger partial charge on any atom is 0.335 e. The number of hydrogen-bond donors (Lipinski definition) is 1. The molecular weight excluding hydrogens is 594 g/mol.